The summed E-state index contributed by atoms with van der Waals surface area (Å²) in [7, 11) is -0.683. The first-order chi connectivity index (χ1) is 5.04. The third-order valence-corrected chi connectivity index (χ3v) is 2.62. The van der Waals surface area contributed by atoms with E-state index >= 15 is 0 Å². The summed E-state index contributed by atoms with van der Waals surface area (Å²) < 4.78 is 5.18. The number of rotatable bonds is 1. The van der Waals surface area contributed by atoms with Gasteiger partial charge >= 0.3 is 0 Å². The minimum absolute atomic E-state index is 0.245. The van der Waals surface area contributed by atoms with Gasteiger partial charge in [-0.1, -0.05) is 13.8 Å². The van der Waals surface area contributed by atoms with Gasteiger partial charge in [-0.25, -0.2) is 0 Å². The van der Waals surface area contributed by atoms with Crippen LogP contribution in [0, 0.1) is 5.92 Å². The molecule has 0 aromatic heterocycles. The van der Waals surface area contributed by atoms with E-state index in [0.717, 1.165) is 0 Å². The highest BCUT2D eigenvalue weighted by molar-refractivity contribution is 8.17. The maximum absolute atomic E-state index is 5.65. The van der Waals surface area contributed by atoms with Crippen LogP contribution in [0.1, 0.15) is 13.8 Å². The van der Waals surface area contributed by atoms with E-state index in [9.17, 15) is 0 Å². The molecule has 0 aliphatic carbocycles. The molecule has 4 nitrogen and oxygen atoms in total. The molecular weight excluding hydrogens is 162 g/mol. The molecule has 0 amide bonds. The molecule has 64 valence electrons. The monoisotopic (exact) mass is 175 g/mol. The first-order valence-electron chi connectivity index (χ1n) is 3.32. The zero-order chi connectivity index (χ0) is 8.59. The largest absolute Gasteiger partial charge is 0.441 e. The number of hydrogen-bond donors (Lipinski definition) is 3. The van der Waals surface area contributed by atoms with Gasteiger partial charge in [-0.3, -0.25) is 10.9 Å². The van der Waals surface area contributed by atoms with E-state index in [-0.39, 0.29) is 5.92 Å². The van der Waals surface area contributed by atoms with Crippen molar-refractivity contribution in [2.45, 2.75) is 13.8 Å². The van der Waals surface area contributed by atoms with Crippen molar-refractivity contribution in [1.82, 2.24) is 0 Å². The Morgan fingerprint density at radius 3 is 2.09 bits per heavy atom. The van der Waals surface area contributed by atoms with Crippen molar-refractivity contribution in [2.24, 2.45) is 22.5 Å². The van der Waals surface area contributed by atoms with Crippen LogP contribution in [0.15, 0.2) is 10.8 Å². The minimum atomic E-state index is -0.683. The highest BCUT2D eigenvalue weighted by Gasteiger charge is 2.21. The van der Waals surface area contributed by atoms with E-state index in [1.807, 2.05) is 13.8 Å². The van der Waals surface area contributed by atoms with E-state index in [4.69, 9.17) is 21.3 Å². The van der Waals surface area contributed by atoms with Crippen LogP contribution in [0.3, 0.4) is 0 Å². The summed E-state index contributed by atoms with van der Waals surface area (Å²) in [5.74, 6) is 0.961. The molecule has 0 aromatic carbocycles. The van der Waals surface area contributed by atoms with Crippen molar-refractivity contribution in [2.75, 3.05) is 0 Å². The Bertz CT molecular complexity index is 244. The Morgan fingerprint density at radius 1 is 1.36 bits per heavy atom. The summed E-state index contributed by atoms with van der Waals surface area (Å²) >= 11 is 0. The molecule has 1 rings (SSSR count). The Hall–Kier alpha value is -0.520. The highest BCUT2D eigenvalue weighted by atomic mass is 32.2. The normalized spacial score (nSPS) is 24.8. The molecule has 0 saturated carbocycles. The number of nitrogens with two attached hydrogens (primary N) is 3. The van der Waals surface area contributed by atoms with E-state index in [1.165, 1.54) is 0 Å². The Morgan fingerprint density at radius 2 is 1.91 bits per heavy atom. The first-order valence-corrected chi connectivity index (χ1v) is 4.61. The highest BCUT2D eigenvalue weighted by Crippen LogP contribution is 2.29. The van der Waals surface area contributed by atoms with Crippen molar-refractivity contribution < 1.29 is 4.74 Å². The first kappa shape index (κ1) is 8.58. The predicted molar refractivity (Wildman–Crippen MR) is 48.1 cm³/mol. The predicted octanol–water partition coefficient (Wildman–Crippen LogP) is -0.0109. The average Bonchev–Trinajstić information content (AvgIpc) is 2.17. The van der Waals surface area contributed by atoms with Crippen LogP contribution in [0.25, 0.3) is 0 Å². The standard InChI is InChI=1S/C6H13N3OS/c1-3(2)4-5(7)11(9)6(8)10-4/h3H,7-9H2,1-2H3. The lowest BCUT2D eigenvalue weighted by Crippen LogP contribution is -2.14. The quantitative estimate of drug-likeness (QED) is 0.489. The fraction of sp³-hybridized carbons (Fsp3) is 0.500. The molecule has 1 aliphatic heterocycles. The van der Waals surface area contributed by atoms with Crippen LogP contribution in [-0.4, -0.2) is 5.17 Å². The van der Waals surface area contributed by atoms with E-state index in [1.54, 1.807) is 0 Å². The maximum Gasteiger partial charge on any atom is 0.214 e. The SMILES string of the molecule is CC(C)C1=C(N)S(N)=C(N)O1. The minimum Gasteiger partial charge on any atom is -0.441 e. The fourth-order valence-corrected chi connectivity index (χ4v) is 1.71. The van der Waals surface area contributed by atoms with E-state index in [2.05, 4.69) is 0 Å². The Balaban J connectivity index is 2.93. The van der Waals surface area contributed by atoms with E-state index < -0.39 is 10.7 Å². The Labute approximate surface area is 68.4 Å². The summed E-state index contributed by atoms with van der Waals surface area (Å²) in [6, 6.07) is 0. The van der Waals surface area contributed by atoms with Crippen LogP contribution >= 0.6 is 10.7 Å². The molecule has 1 aliphatic rings. The number of allylic oxidation sites excluding steroid dienone is 1. The van der Waals surface area contributed by atoms with Crippen LogP contribution in [0.4, 0.5) is 0 Å². The number of ether oxygens (including phenoxy) is 1. The third kappa shape index (κ3) is 1.40. The van der Waals surface area contributed by atoms with Gasteiger partial charge in [0.1, 0.15) is 10.8 Å². The van der Waals surface area contributed by atoms with Gasteiger partial charge in [-0.2, -0.15) is 0 Å². The summed E-state index contributed by atoms with van der Waals surface area (Å²) in [5.41, 5.74) is 11.1. The van der Waals surface area contributed by atoms with Crippen LogP contribution in [-0.2, 0) is 4.74 Å². The topological polar surface area (TPSA) is 87.3 Å². The van der Waals surface area contributed by atoms with Gasteiger partial charge in [0, 0.05) is 5.92 Å². The smallest absolute Gasteiger partial charge is 0.214 e. The molecule has 1 atom stereocenters. The second-order valence-electron chi connectivity index (χ2n) is 2.64. The van der Waals surface area contributed by atoms with Crippen molar-refractivity contribution in [1.29, 1.82) is 0 Å². The molecule has 0 fully saturated rings. The molecule has 0 radical (unpaired) electrons. The van der Waals surface area contributed by atoms with Gasteiger partial charge in [0.25, 0.3) is 0 Å². The van der Waals surface area contributed by atoms with Gasteiger partial charge in [0.05, 0.1) is 0 Å². The van der Waals surface area contributed by atoms with Gasteiger partial charge < -0.3 is 10.5 Å². The van der Waals surface area contributed by atoms with E-state index in [0.29, 0.717) is 16.0 Å². The molecule has 1 heterocycles. The fourth-order valence-electron chi connectivity index (χ4n) is 0.823. The molecular formula is C6H13N3OS. The molecule has 0 aromatic rings. The molecule has 0 spiro atoms. The number of hydrogen-bond acceptors (Lipinski definition) is 4. The molecule has 11 heavy (non-hydrogen) atoms. The molecule has 5 heteroatoms. The lowest BCUT2D eigenvalue weighted by atomic mass is 10.2. The van der Waals surface area contributed by atoms with Crippen molar-refractivity contribution in [3.63, 3.8) is 0 Å². The van der Waals surface area contributed by atoms with Crippen molar-refractivity contribution >= 4 is 15.8 Å². The average molecular weight is 175 g/mol. The van der Waals surface area contributed by atoms with Crippen molar-refractivity contribution in [3.8, 4) is 0 Å². The molecule has 1 unspecified atom stereocenters. The van der Waals surface area contributed by atoms with Crippen LogP contribution < -0.4 is 16.6 Å². The molecule has 6 N–H and O–H groups in total. The van der Waals surface area contributed by atoms with Crippen molar-refractivity contribution in [3.05, 3.63) is 10.8 Å². The van der Waals surface area contributed by atoms with Crippen LogP contribution in [0.2, 0.25) is 0 Å². The summed E-state index contributed by atoms with van der Waals surface area (Å²) in [4.78, 5) is 0. The zero-order valence-corrected chi connectivity index (χ0v) is 7.44. The lowest BCUT2D eigenvalue weighted by Gasteiger charge is -2.06. The van der Waals surface area contributed by atoms with Crippen LogP contribution in [0.5, 0.6) is 0 Å². The Kier molecular flexibility index (Phi) is 2.22. The van der Waals surface area contributed by atoms with Gasteiger partial charge in [0.2, 0.25) is 5.17 Å². The maximum atomic E-state index is 5.65. The van der Waals surface area contributed by atoms with Gasteiger partial charge in [0.15, 0.2) is 0 Å². The molecule has 0 saturated heterocycles. The van der Waals surface area contributed by atoms with Gasteiger partial charge in [-0.05, 0) is 10.7 Å². The lowest BCUT2D eigenvalue weighted by molar-refractivity contribution is 0.362. The van der Waals surface area contributed by atoms with Gasteiger partial charge in [-0.15, -0.1) is 0 Å². The summed E-state index contributed by atoms with van der Waals surface area (Å²) in [6.07, 6.45) is 0. The summed E-state index contributed by atoms with van der Waals surface area (Å²) in [5, 5.41) is 6.51. The molecule has 0 bridgehead atoms. The second kappa shape index (κ2) is 2.84. The zero-order valence-electron chi connectivity index (χ0n) is 6.63. The summed E-state index contributed by atoms with van der Waals surface area (Å²) in [6.45, 7) is 3.97. The third-order valence-electron chi connectivity index (χ3n) is 1.43. The second-order valence-corrected chi connectivity index (χ2v) is 4.16.